The van der Waals surface area contributed by atoms with Crippen LogP contribution in [0.5, 0.6) is 11.5 Å². The molecule has 248 valence electrons. The van der Waals surface area contributed by atoms with Gasteiger partial charge in [0.2, 0.25) is 0 Å². The molecule has 13 heteroatoms. The first kappa shape index (κ1) is 32.6. The number of hydrogen-bond acceptors (Lipinski definition) is 10. The normalized spacial score (nSPS) is 14.9. The highest BCUT2D eigenvalue weighted by molar-refractivity contribution is 7.15. The molecule has 1 aliphatic heterocycles. The Morgan fingerprint density at radius 3 is 2.77 bits per heavy atom. The Bertz CT molecular complexity index is 1860. The van der Waals surface area contributed by atoms with E-state index in [1.165, 1.54) is 0 Å². The number of hydrogen-bond donors (Lipinski definition) is 1. The van der Waals surface area contributed by atoms with E-state index < -0.39 is 0 Å². The third kappa shape index (κ3) is 7.16. The first-order chi connectivity index (χ1) is 22.9. The molecule has 0 saturated carbocycles. The van der Waals surface area contributed by atoms with Crippen LogP contribution in [0.4, 0.5) is 0 Å². The molecule has 1 unspecified atom stereocenters. The molecule has 1 amide bonds. The van der Waals surface area contributed by atoms with Gasteiger partial charge in [-0.25, -0.2) is 9.97 Å². The minimum Gasteiger partial charge on any atom is -0.497 e. The standard InChI is InChI=1S/C34H41N7O5S/c1-6-29-32(38-34(47-29)27-16-21(2)39-41(27)13-9-15-46-30-10-7-8-14-45-30)31-24-20-36-40(3)26(24)18-25(37-31)33(42)35-19-22-11-12-23(43-4)17-28(22)44-5/h11-12,16-18,20,30H,6-10,13-15,19H2,1-5H3,(H,35,42). The van der Waals surface area contributed by atoms with Gasteiger partial charge in [0, 0.05) is 48.6 Å². The lowest BCUT2D eigenvalue weighted by atomic mass is 10.1. The average molecular weight is 660 g/mol. The molecule has 0 bridgehead atoms. The number of aryl methyl sites for hydroxylation is 4. The largest absolute Gasteiger partial charge is 0.497 e. The van der Waals surface area contributed by atoms with E-state index in [4.69, 9.17) is 34.0 Å². The van der Waals surface area contributed by atoms with E-state index in [2.05, 4.69) is 23.4 Å². The first-order valence-electron chi connectivity index (χ1n) is 16.0. The van der Waals surface area contributed by atoms with Gasteiger partial charge in [-0.1, -0.05) is 6.92 Å². The van der Waals surface area contributed by atoms with Crippen LogP contribution in [0, 0.1) is 6.92 Å². The molecule has 12 nitrogen and oxygen atoms in total. The summed E-state index contributed by atoms with van der Waals surface area (Å²) in [6, 6.07) is 9.33. The number of carbonyl (C=O) groups is 1. The van der Waals surface area contributed by atoms with Crippen LogP contribution in [0.25, 0.3) is 33.0 Å². The van der Waals surface area contributed by atoms with Gasteiger partial charge in [0.1, 0.15) is 33.6 Å². The summed E-state index contributed by atoms with van der Waals surface area (Å²) in [4.78, 5) is 24.6. The second-order valence-electron chi connectivity index (χ2n) is 11.5. The molecule has 1 N–H and O–H groups in total. The summed E-state index contributed by atoms with van der Waals surface area (Å²) in [5.41, 5.74) is 5.15. The number of benzene rings is 1. The molecule has 47 heavy (non-hydrogen) atoms. The molecule has 0 radical (unpaired) electrons. The van der Waals surface area contributed by atoms with E-state index in [-0.39, 0.29) is 24.4 Å². The number of aromatic nitrogens is 6. The molecule has 0 aliphatic carbocycles. The monoisotopic (exact) mass is 659 g/mol. The molecule has 1 fully saturated rings. The number of pyridine rings is 1. The van der Waals surface area contributed by atoms with E-state index in [9.17, 15) is 4.79 Å². The van der Waals surface area contributed by atoms with Crippen molar-refractivity contribution in [2.75, 3.05) is 27.4 Å². The Morgan fingerprint density at radius 2 is 2.00 bits per heavy atom. The second-order valence-corrected chi connectivity index (χ2v) is 12.6. The van der Waals surface area contributed by atoms with Crippen LogP contribution in [0.1, 0.15) is 59.2 Å². The molecule has 5 aromatic rings. The Labute approximate surface area is 278 Å². The first-order valence-corrected chi connectivity index (χ1v) is 16.8. The van der Waals surface area contributed by atoms with Crippen LogP contribution >= 0.6 is 11.3 Å². The van der Waals surface area contributed by atoms with Gasteiger partial charge in [-0.15, -0.1) is 11.3 Å². The number of amides is 1. The number of nitrogens with one attached hydrogen (secondary N) is 1. The predicted molar refractivity (Wildman–Crippen MR) is 180 cm³/mol. The van der Waals surface area contributed by atoms with Gasteiger partial charge in [0.05, 0.1) is 43.9 Å². The van der Waals surface area contributed by atoms with Crippen molar-refractivity contribution >= 4 is 28.1 Å². The molecule has 1 atom stereocenters. The van der Waals surface area contributed by atoms with Crippen molar-refractivity contribution in [1.29, 1.82) is 0 Å². The third-order valence-corrected chi connectivity index (χ3v) is 9.45. The van der Waals surface area contributed by atoms with E-state index in [0.29, 0.717) is 30.3 Å². The van der Waals surface area contributed by atoms with Crippen LogP contribution in [0.15, 0.2) is 36.5 Å². The lowest BCUT2D eigenvalue weighted by Crippen LogP contribution is -2.24. The van der Waals surface area contributed by atoms with E-state index in [0.717, 1.165) is 82.1 Å². The molecule has 1 aromatic carbocycles. The molecule has 5 heterocycles. The number of methoxy groups -OCH3 is 2. The van der Waals surface area contributed by atoms with E-state index in [1.54, 1.807) is 48.6 Å². The fourth-order valence-electron chi connectivity index (χ4n) is 5.75. The minimum atomic E-state index is -0.310. The summed E-state index contributed by atoms with van der Waals surface area (Å²) in [5, 5.41) is 13.9. The van der Waals surface area contributed by atoms with Crippen molar-refractivity contribution in [3.8, 4) is 33.6 Å². The Kier molecular flexibility index (Phi) is 10.1. The summed E-state index contributed by atoms with van der Waals surface area (Å²) in [6.45, 7) is 6.43. The number of ether oxygens (including phenoxy) is 4. The summed E-state index contributed by atoms with van der Waals surface area (Å²) >= 11 is 1.63. The topological polar surface area (TPSA) is 127 Å². The molecule has 1 saturated heterocycles. The predicted octanol–water partition coefficient (Wildman–Crippen LogP) is 5.71. The maximum Gasteiger partial charge on any atom is 0.270 e. The highest BCUT2D eigenvalue weighted by atomic mass is 32.1. The van der Waals surface area contributed by atoms with Crippen LogP contribution in [-0.2, 0) is 36.0 Å². The van der Waals surface area contributed by atoms with Crippen molar-refractivity contribution < 1.29 is 23.7 Å². The summed E-state index contributed by atoms with van der Waals surface area (Å²) in [6.07, 6.45) is 6.45. The number of thiazole rings is 1. The van der Waals surface area contributed by atoms with Gasteiger partial charge in [-0.2, -0.15) is 10.2 Å². The van der Waals surface area contributed by atoms with Gasteiger partial charge in [0.25, 0.3) is 5.91 Å². The number of fused-ring (bicyclic) bond motifs is 1. The number of nitrogens with zero attached hydrogens (tertiary/aromatic N) is 6. The Balaban J connectivity index is 1.26. The van der Waals surface area contributed by atoms with Crippen LogP contribution < -0.4 is 14.8 Å². The smallest absolute Gasteiger partial charge is 0.270 e. The zero-order chi connectivity index (χ0) is 32.9. The lowest BCUT2D eigenvalue weighted by Gasteiger charge is -2.22. The molecular formula is C34H41N7O5S. The quantitative estimate of drug-likeness (QED) is 0.158. The van der Waals surface area contributed by atoms with Crippen LogP contribution in [-0.4, -0.2) is 69.2 Å². The van der Waals surface area contributed by atoms with E-state index in [1.807, 2.05) is 30.8 Å². The van der Waals surface area contributed by atoms with Crippen LogP contribution in [0.3, 0.4) is 0 Å². The average Bonchev–Trinajstić information content (AvgIpc) is 3.81. The van der Waals surface area contributed by atoms with Gasteiger partial charge < -0.3 is 24.3 Å². The zero-order valence-corrected chi connectivity index (χ0v) is 28.4. The fourth-order valence-corrected chi connectivity index (χ4v) is 6.77. The van der Waals surface area contributed by atoms with Gasteiger partial charge in [-0.05, 0) is 63.3 Å². The summed E-state index contributed by atoms with van der Waals surface area (Å²) in [5.74, 6) is 0.995. The number of rotatable bonds is 13. The van der Waals surface area contributed by atoms with Crippen molar-refractivity contribution in [2.24, 2.45) is 7.05 Å². The third-order valence-electron chi connectivity index (χ3n) is 8.23. The molecule has 6 rings (SSSR count). The Morgan fingerprint density at radius 1 is 1.13 bits per heavy atom. The van der Waals surface area contributed by atoms with Gasteiger partial charge in [-0.3, -0.25) is 14.2 Å². The second kappa shape index (κ2) is 14.6. The maximum atomic E-state index is 13.5. The van der Waals surface area contributed by atoms with Crippen molar-refractivity contribution in [3.05, 3.63) is 58.4 Å². The summed E-state index contributed by atoms with van der Waals surface area (Å²) < 4.78 is 26.2. The molecule has 4 aromatic heterocycles. The molecule has 1 aliphatic rings. The van der Waals surface area contributed by atoms with Crippen molar-refractivity contribution in [2.45, 2.75) is 65.3 Å². The lowest BCUT2D eigenvalue weighted by molar-refractivity contribution is -0.163. The zero-order valence-electron chi connectivity index (χ0n) is 27.5. The molecule has 0 spiro atoms. The van der Waals surface area contributed by atoms with Crippen molar-refractivity contribution in [1.82, 2.24) is 34.8 Å². The SMILES string of the molecule is CCc1sc(-c2cc(C)nn2CCCOC2CCCCO2)nc1-c1nc(C(=O)NCc2ccc(OC)cc2OC)cc2c1cnn2C. The van der Waals surface area contributed by atoms with Gasteiger partial charge >= 0.3 is 0 Å². The number of carbonyl (C=O) groups excluding carboxylic acids is 1. The van der Waals surface area contributed by atoms with E-state index >= 15 is 0 Å². The maximum absolute atomic E-state index is 13.5. The summed E-state index contributed by atoms with van der Waals surface area (Å²) in [7, 11) is 5.05. The minimum absolute atomic E-state index is 0.101. The fraction of sp³-hybridized carbons (Fsp3) is 0.441. The highest BCUT2D eigenvalue weighted by Gasteiger charge is 2.23. The Hall–Kier alpha value is -4.33. The highest BCUT2D eigenvalue weighted by Crippen LogP contribution is 2.37. The molecular weight excluding hydrogens is 618 g/mol. The van der Waals surface area contributed by atoms with Crippen LogP contribution in [0.2, 0.25) is 0 Å². The van der Waals surface area contributed by atoms with Gasteiger partial charge in [0.15, 0.2) is 6.29 Å². The van der Waals surface area contributed by atoms with Crippen molar-refractivity contribution in [3.63, 3.8) is 0 Å².